The van der Waals surface area contributed by atoms with Crippen molar-refractivity contribution in [1.29, 1.82) is 0 Å². The molecule has 6 nitrogen and oxygen atoms in total. The fourth-order valence-corrected chi connectivity index (χ4v) is 4.33. The molecule has 0 saturated carbocycles. The van der Waals surface area contributed by atoms with Gasteiger partial charge in [-0.05, 0) is 23.6 Å². The first-order valence-corrected chi connectivity index (χ1v) is 8.93. The molecule has 0 saturated heterocycles. The van der Waals surface area contributed by atoms with Gasteiger partial charge in [0.05, 0.1) is 24.2 Å². The maximum atomic E-state index is 11.9. The summed E-state index contributed by atoms with van der Waals surface area (Å²) in [6, 6.07) is 5.20. The van der Waals surface area contributed by atoms with E-state index >= 15 is 0 Å². The number of carbonyl (C=O) groups is 1. The van der Waals surface area contributed by atoms with Gasteiger partial charge in [-0.15, -0.1) is 11.3 Å². The molecule has 0 atom stereocenters. The van der Waals surface area contributed by atoms with E-state index in [0.29, 0.717) is 18.8 Å². The highest BCUT2D eigenvalue weighted by atomic mass is 32.2. The van der Waals surface area contributed by atoms with Gasteiger partial charge in [0.25, 0.3) is 0 Å². The Bertz CT molecular complexity index is 841. The van der Waals surface area contributed by atoms with E-state index in [9.17, 15) is 13.2 Å². The Balaban J connectivity index is 2.25. The highest BCUT2D eigenvalue weighted by Crippen LogP contribution is 2.40. The maximum absolute atomic E-state index is 11.9. The van der Waals surface area contributed by atoms with Gasteiger partial charge >= 0.3 is 5.97 Å². The van der Waals surface area contributed by atoms with Crippen molar-refractivity contribution in [2.75, 3.05) is 35.6 Å². The van der Waals surface area contributed by atoms with Gasteiger partial charge in [0.2, 0.25) is 10.0 Å². The van der Waals surface area contributed by atoms with Crippen molar-refractivity contribution in [1.82, 2.24) is 0 Å². The van der Waals surface area contributed by atoms with Crippen LogP contribution >= 0.6 is 11.3 Å². The minimum atomic E-state index is -3.35. The molecular formula is C13H14N2O4S2. The van der Waals surface area contributed by atoms with Crippen molar-refractivity contribution in [3.63, 3.8) is 0 Å². The SMILES string of the molecule is CN1CCN(S(C)(=O)=O)c2cc3cc(C(=O)O)sc3cc21. The smallest absolute Gasteiger partial charge is 0.345 e. The van der Waals surface area contributed by atoms with Crippen LogP contribution in [-0.2, 0) is 10.0 Å². The molecule has 3 rings (SSSR count). The van der Waals surface area contributed by atoms with E-state index in [1.165, 1.54) is 21.9 Å². The zero-order chi connectivity index (χ0) is 15.4. The van der Waals surface area contributed by atoms with E-state index in [2.05, 4.69) is 0 Å². The lowest BCUT2D eigenvalue weighted by molar-refractivity contribution is 0.0702. The number of sulfonamides is 1. The Hall–Kier alpha value is -1.80. The third-order valence-corrected chi connectivity index (χ3v) is 5.81. The molecular weight excluding hydrogens is 312 g/mol. The molecule has 0 unspecified atom stereocenters. The number of thiophene rings is 1. The average Bonchev–Trinajstić information content (AvgIpc) is 2.78. The topological polar surface area (TPSA) is 77.9 Å². The molecule has 0 aliphatic carbocycles. The third-order valence-electron chi connectivity index (χ3n) is 3.54. The number of hydrogen-bond acceptors (Lipinski definition) is 5. The van der Waals surface area contributed by atoms with Crippen molar-refractivity contribution < 1.29 is 18.3 Å². The van der Waals surface area contributed by atoms with Gasteiger partial charge in [0, 0.05) is 18.3 Å². The lowest BCUT2D eigenvalue weighted by atomic mass is 10.1. The number of fused-ring (bicyclic) bond motifs is 2. The van der Waals surface area contributed by atoms with E-state index in [1.54, 1.807) is 12.1 Å². The van der Waals surface area contributed by atoms with Crippen LogP contribution in [0.2, 0.25) is 0 Å². The lowest BCUT2D eigenvalue weighted by Crippen LogP contribution is -2.42. The number of rotatable bonds is 2. The van der Waals surface area contributed by atoms with Gasteiger partial charge in [-0.3, -0.25) is 4.31 Å². The van der Waals surface area contributed by atoms with Crippen LogP contribution in [-0.4, -0.2) is 45.9 Å². The van der Waals surface area contributed by atoms with E-state index in [0.717, 1.165) is 15.8 Å². The molecule has 1 aromatic carbocycles. The van der Waals surface area contributed by atoms with Gasteiger partial charge in [-0.25, -0.2) is 13.2 Å². The molecule has 1 aromatic heterocycles. The first kappa shape index (κ1) is 14.2. The molecule has 112 valence electrons. The number of anilines is 2. The molecule has 0 fully saturated rings. The van der Waals surface area contributed by atoms with E-state index in [4.69, 9.17) is 5.11 Å². The van der Waals surface area contributed by atoms with E-state index in [-0.39, 0.29) is 4.88 Å². The summed E-state index contributed by atoms with van der Waals surface area (Å²) in [4.78, 5) is 13.3. The lowest BCUT2D eigenvalue weighted by Gasteiger charge is -2.35. The van der Waals surface area contributed by atoms with Crippen molar-refractivity contribution in [3.8, 4) is 0 Å². The Morgan fingerprint density at radius 2 is 1.95 bits per heavy atom. The summed E-state index contributed by atoms with van der Waals surface area (Å²) in [5.41, 5.74) is 1.41. The standard InChI is InChI=1S/C13H14N2O4S2/c1-14-3-4-15(21(2,18)19)10-5-8-6-12(13(16)17)20-11(8)7-9(10)14/h5-7H,3-4H2,1-2H3,(H,16,17). The van der Waals surface area contributed by atoms with Crippen LogP contribution in [0.25, 0.3) is 10.1 Å². The number of carboxylic acid groups (broad SMARTS) is 1. The van der Waals surface area contributed by atoms with Crippen LogP contribution in [0.3, 0.4) is 0 Å². The number of hydrogen-bond donors (Lipinski definition) is 1. The third kappa shape index (κ3) is 2.34. The van der Waals surface area contributed by atoms with E-state index in [1.807, 2.05) is 18.0 Å². The predicted molar refractivity (Wildman–Crippen MR) is 84.2 cm³/mol. The van der Waals surface area contributed by atoms with Gasteiger partial charge in [-0.1, -0.05) is 0 Å². The minimum Gasteiger partial charge on any atom is -0.477 e. The minimum absolute atomic E-state index is 0.251. The quantitative estimate of drug-likeness (QED) is 0.911. The molecule has 0 radical (unpaired) electrons. The van der Waals surface area contributed by atoms with Gasteiger partial charge < -0.3 is 10.0 Å². The summed E-state index contributed by atoms with van der Waals surface area (Å²) in [6.45, 7) is 0.993. The molecule has 0 amide bonds. The summed E-state index contributed by atoms with van der Waals surface area (Å²) < 4.78 is 26.1. The molecule has 1 N–H and O–H groups in total. The summed E-state index contributed by atoms with van der Waals surface area (Å²) >= 11 is 1.19. The largest absolute Gasteiger partial charge is 0.477 e. The molecule has 0 spiro atoms. The molecule has 2 heterocycles. The molecule has 2 aromatic rings. The number of benzene rings is 1. The fraction of sp³-hybridized carbons (Fsp3) is 0.308. The summed E-state index contributed by atoms with van der Waals surface area (Å²) in [6.07, 6.45) is 1.18. The Morgan fingerprint density at radius 1 is 1.24 bits per heavy atom. The molecule has 1 aliphatic heterocycles. The van der Waals surface area contributed by atoms with Crippen molar-refractivity contribution in [2.45, 2.75) is 0 Å². The zero-order valence-corrected chi connectivity index (χ0v) is 13.2. The second kappa shape index (κ2) is 4.60. The highest BCUT2D eigenvalue weighted by molar-refractivity contribution is 7.92. The van der Waals surface area contributed by atoms with Crippen molar-refractivity contribution >= 4 is 48.8 Å². The predicted octanol–water partition coefficient (Wildman–Crippen LogP) is 1.82. The number of likely N-dealkylation sites (N-methyl/N-ethyl adjacent to an activating group) is 1. The average molecular weight is 326 g/mol. The van der Waals surface area contributed by atoms with Gasteiger partial charge in [0.1, 0.15) is 4.88 Å². The second-order valence-corrected chi connectivity index (χ2v) is 8.04. The Labute approximate surface area is 126 Å². The zero-order valence-electron chi connectivity index (χ0n) is 11.5. The van der Waals surface area contributed by atoms with Crippen LogP contribution in [0, 0.1) is 0 Å². The van der Waals surface area contributed by atoms with Gasteiger partial charge in [-0.2, -0.15) is 0 Å². The molecule has 0 bridgehead atoms. The number of nitrogens with zero attached hydrogens (tertiary/aromatic N) is 2. The van der Waals surface area contributed by atoms with Crippen LogP contribution < -0.4 is 9.21 Å². The van der Waals surface area contributed by atoms with Crippen molar-refractivity contribution in [3.05, 3.63) is 23.1 Å². The monoisotopic (exact) mass is 326 g/mol. The highest BCUT2D eigenvalue weighted by Gasteiger charge is 2.27. The fourth-order valence-electron chi connectivity index (χ4n) is 2.50. The second-order valence-electron chi connectivity index (χ2n) is 5.05. The van der Waals surface area contributed by atoms with Crippen LogP contribution in [0.5, 0.6) is 0 Å². The Kier molecular flexibility index (Phi) is 3.10. The van der Waals surface area contributed by atoms with Crippen molar-refractivity contribution in [2.24, 2.45) is 0 Å². The molecule has 21 heavy (non-hydrogen) atoms. The first-order valence-electron chi connectivity index (χ1n) is 6.27. The molecule has 1 aliphatic rings. The molecule has 8 heteroatoms. The normalized spacial score (nSPS) is 15.3. The van der Waals surface area contributed by atoms with Gasteiger partial charge in [0.15, 0.2) is 0 Å². The first-order chi connectivity index (χ1) is 9.77. The maximum Gasteiger partial charge on any atom is 0.345 e. The summed E-state index contributed by atoms with van der Waals surface area (Å²) in [7, 11) is -1.45. The number of carboxylic acids is 1. The van der Waals surface area contributed by atoms with Crippen LogP contribution in [0.1, 0.15) is 9.67 Å². The Morgan fingerprint density at radius 3 is 2.57 bits per heavy atom. The summed E-state index contributed by atoms with van der Waals surface area (Å²) in [5, 5.41) is 9.83. The van der Waals surface area contributed by atoms with Crippen LogP contribution in [0.15, 0.2) is 18.2 Å². The summed E-state index contributed by atoms with van der Waals surface area (Å²) in [5.74, 6) is -0.970. The van der Waals surface area contributed by atoms with Crippen LogP contribution in [0.4, 0.5) is 11.4 Å². The number of aromatic carboxylic acids is 1. The van der Waals surface area contributed by atoms with E-state index < -0.39 is 16.0 Å².